The van der Waals surface area contributed by atoms with Gasteiger partial charge in [0.05, 0.1) is 12.5 Å². The molecule has 1 aliphatic heterocycles. The van der Waals surface area contributed by atoms with Gasteiger partial charge in [0.25, 0.3) is 0 Å². The Kier molecular flexibility index (Phi) is 3.25. The van der Waals surface area contributed by atoms with Gasteiger partial charge < -0.3 is 0 Å². The first-order valence-corrected chi connectivity index (χ1v) is 5.94. The molecule has 2 atom stereocenters. The fourth-order valence-electron chi connectivity index (χ4n) is 2.23. The SMILES string of the molecule is CN1C[C@H](c2ccc(Br)cc2)[C@@H]([N+](=O)[O-])C1. The van der Waals surface area contributed by atoms with Gasteiger partial charge in [-0.05, 0) is 24.7 Å². The fourth-order valence-corrected chi connectivity index (χ4v) is 2.49. The van der Waals surface area contributed by atoms with E-state index in [1.54, 1.807) is 0 Å². The van der Waals surface area contributed by atoms with E-state index in [0.29, 0.717) is 6.54 Å². The van der Waals surface area contributed by atoms with Crippen molar-refractivity contribution in [2.75, 3.05) is 20.1 Å². The highest BCUT2D eigenvalue weighted by Gasteiger charge is 2.40. The molecule has 16 heavy (non-hydrogen) atoms. The minimum absolute atomic E-state index is 0.00750. The van der Waals surface area contributed by atoms with Crippen molar-refractivity contribution in [1.29, 1.82) is 0 Å². The lowest BCUT2D eigenvalue weighted by Crippen LogP contribution is -2.27. The molecule has 0 N–H and O–H groups in total. The van der Waals surface area contributed by atoms with Gasteiger partial charge in [0.2, 0.25) is 6.04 Å². The van der Waals surface area contributed by atoms with Crippen LogP contribution >= 0.6 is 15.9 Å². The molecule has 0 aliphatic carbocycles. The van der Waals surface area contributed by atoms with Gasteiger partial charge in [-0.25, -0.2) is 0 Å². The van der Waals surface area contributed by atoms with Crippen molar-refractivity contribution in [2.45, 2.75) is 12.0 Å². The third kappa shape index (κ3) is 2.25. The molecular formula is C11H13BrN2O2. The molecule has 86 valence electrons. The Bertz CT molecular complexity index is 393. The van der Waals surface area contributed by atoms with Crippen LogP contribution in [-0.2, 0) is 0 Å². The molecule has 4 nitrogen and oxygen atoms in total. The van der Waals surface area contributed by atoms with E-state index in [1.165, 1.54) is 0 Å². The van der Waals surface area contributed by atoms with Crippen molar-refractivity contribution in [3.63, 3.8) is 0 Å². The van der Waals surface area contributed by atoms with E-state index in [2.05, 4.69) is 15.9 Å². The smallest absolute Gasteiger partial charge is 0.233 e. The van der Waals surface area contributed by atoms with Crippen LogP contribution in [0.4, 0.5) is 0 Å². The largest absolute Gasteiger partial charge is 0.299 e. The van der Waals surface area contributed by atoms with Crippen LogP contribution in [0.25, 0.3) is 0 Å². The molecule has 1 saturated heterocycles. The molecule has 0 aromatic heterocycles. The van der Waals surface area contributed by atoms with Gasteiger partial charge in [-0.2, -0.15) is 0 Å². The van der Waals surface area contributed by atoms with Crippen LogP contribution in [0.2, 0.25) is 0 Å². The van der Waals surface area contributed by atoms with Crippen LogP contribution in [0.5, 0.6) is 0 Å². The Morgan fingerprint density at radius 2 is 2.00 bits per heavy atom. The summed E-state index contributed by atoms with van der Waals surface area (Å²) < 4.78 is 1.00. The molecule has 2 rings (SSSR count). The maximum Gasteiger partial charge on any atom is 0.233 e. The molecule has 0 bridgehead atoms. The monoisotopic (exact) mass is 284 g/mol. The number of nitro groups is 1. The highest BCUT2D eigenvalue weighted by molar-refractivity contribution is 9.10. The fraction of sp³-hybridized carbons (Fsp3) is 0.455. The Balaban J connectivity index is 2.25. The van der Waals surface area contributed by atoms with Crippen molar-refractivity contribution in [2.24, 2.45) is 0 Å². The molecule has 1 fully saturated rings. The first kappa shape index (κ1) is 11.5. The normalized spacial score (nSPS) is 25.9. The molecule has 0 amide bonds. The first-order chi connectivity index (χ1) is 7.58. The summed E-state index contributed by atoms with van der Waals surface area (Å²) in [6.07, 6.45) is 0. The molecule has 1 aliphatic rings. The quantitative estimate of drug-likeness (QED) is 0.617. The summed E-state index contributed by atoms with van der Waals surface area (Å²) in [5.74, 6) is 0.00750. The molecule has 1 heterocycles. The molecule has 0 radical (unpaired) electrons. The van der Waals surface area contributed by atoms with Crippen LogP contribution in [0.1, 0.15) is 11.5 Å². The average Bonchev–Trinajstić information content (AvgIpc) is 2.61. The van der Waals surface area contributed by atoms with E-state index in [-0.39, 0.29) is 10.8 Å². The number of rotatable bonds is 2. The highest BCUT2D eigenvalue weighted by atomic mass is 79.9. The van der Waals surface area contributed by atoms with E-state index in [1.807, 2.05) is 36.2 Å². The lowest BCUT2D eigenvalue weighted by atomic mass is 9.95. The molecule has 5 heteroatoms. The van der Waals surface area contributed by atoms with Crippen molar-refractivity contribution in [1.82, 2.24) is 4.90 Å². The van der Waals surface area contributed by atoms with Gasteiger partial charge in [0, 0.05) is 15.9 Å². The maximum absolute atomic E-state index is 11.0. The van der Waals surface area contributed by atoms with Gasteiger partial charge in [-0.1, -0.05) is 28.1 Å². The van der Waals surface area contributed by atoms with Gasteiger partial charge in [-0.15, -0.1) is 0 Å². The standard InChI is InChI=1S/C11H13BrN2O2/c1-13-6-10(11(7-13)14(15)16)8-2-4-9(12)5-3-8/h2-5,10-11H,6-7H2,1H3/t10-,11+/m1/s1. The average molecular weight is 285 g/mol. The Labute approximate surface area is 103 Å². The molecule has 1 aromatic carbocycles. The number of likely N-dealkylation sites (tertiary alicyclic amines) is 1. The minimum atomic E-state index is -0.480. The zero-order chi connectivity index (χ0) is 11.7. The Morgan fingerprint density at radius 1 is 1.38 bits per heavy atom. The molecular weight excluding hydrogens is 272 g/mol. The summed E-state index contributed by atoms with van der Waals surface area (Å²) in [5.41, 5.74) is 1.05. The molecule has 0 unspecified atom stereocenters. The number of nitrogens with zero attached hydrogens (tertiary/aromatic N) is 2. The lowest BCUT2D eigenvalue weighted by Gasteiger charge is -2.12. The molecule has 0 saturated carbocycles. The molecule has 0 spiro atoms. The summed E-state index contributed by atoms with van der Waals surface area (Å²) in [4.78, 5) is 12.8. The summed E-state index contributed by atoms with van der Waals surface area (Å²) in [6.45, 7) is 1.29. The number of hydrogen-bond donors (Lipinski definition) is 0. The summed E-state index contributed by atoms with van der Waals surface area (Å²) in [6, 6.07) is 7.32. The van der Waals surface area contributed by atoms with E-state index in [9.17, 15) is 10.1 Å². The van der Waals surface area contributed by atoms with Crippen LogP contribution in [0.3, 0.4) is 0 Å². The number of likely N-dealkylation sites (N-methyl/N-ethyl adjacent to an activating group) is 1. The third-order valence-electron chi connectivity index (χ3n) is 3.04. The summed E-state index contributed by atoms with van der Waals surface area (Å²) in [7, 11) is 1.93. The zero-order valence-corrected chi connectivity index (χ0v) is 10.6. The molecule has 1 aromatic rings. The topological polar surface area (TPSA) is 46.4 Å². The Hall–Kier alpha value is -0.940. The number of benzene rings is 1. The van der Waals surface area contributed by atoms with E-state index < -0.39 is 6.04 Å². The Morgan fingerprint density at radius 3 is 2.56 bits per heavy atom. The van der Waals surface area contributed by atoms with Gasteiger partial charge in [0.15, 0.2) is 0 Å². The first-order valence-electron chi connectivity index (χ1n) is 5.15. The van der Waals surface area contributed by atoms with Crippen molar-refractivity contribution in [3.8, 4) is 0 Å². The van der Waals surface area contributed by atoms with Gasteiger partial charge in [-0.3, -0.25) is 15.0 Å². The van der Waals surface area contributed by atoms with Crippen molar-refractivity contribution in [3.05, 3.63) is 44.4 Å². The third-order valence-corrected chi connectivity index (χ3v) is 3.57. The van der Waals surface area contributed by atoms with Crippen LogP contribution in [0, 0.1) is 10.1 Å². The predicted octanol–water partition coefficient (Wildman–Crippen LogP) is 2.12. The van der Waals surface area contributed by atoms with Crippen LogP contribution < -0.4 is 0 Å². The van der Waals surface area contributed by atoms with E-state index in [0.717, 1.165) is 16.6 Å². The minimum Gasteiger partial charge on any atom is -0.299 e. The van der Waals surface area contributed by atoms with E-state index >= 15 is 0 Å². The van der Waals surface area contributed by atoms with Crippen molar-refractivity contribution < 1.29 is 4.92 Å². The zero-order valence-electron chi connectivity index (χ0n) is 8.97. The van der Waals surface area contributed by atoms with Gasteiger partial charge >= 0.3 is 0 Å². The number of halogens is 1. The second-order valence-corrected chi connectivity index (χ2v) is 5.15. The van der Waals surface area contributed by atoms with E-state index in [4.69, 9.17) is 0 Å². The van der Waals surface area contributed by atoms with Gasteiger partial charge in [0.1, 0.15) is 0 Å². The lowest BCUT2D eigenvalue weighted by molar-refractivity contribution is -0.521. The highest BCUT2D eigenvalue weighted by Crippen LogP contribution is 2.29. The van der Waals surface area contributed by atoms with Crippen LogP contribution in [-0.4, -0.2) is 36.0 Å². The summed E-state index contributed by atoms with van der Waals surface area (Å²) >= 11 is 3.37. The summed E-state index contributed by atoms with van der Waals surface area (Å²) in [5, 5.41) is 11.0. The number of hydrogen-bond acceptors (Lipinski definition) is 3. The second kappa shape index (κ2) is 4.51. The maximum atomic E-state index is 11.0. The second-order valence-electron chi connectivity index (χ2n) is 4.23. The van der Waals surface area contributed by atoms with Crippen LogP contribution in [0.15, 0.2) is 28.7 Å². The predicted molar refractivity (Wildman–Crippen MR) is 65.2 cm³/mol. The van der Waals surface area contributed by atoms with Crippen molar-refractivity contribution >= 4 is 15.9 Å².